The summed E-state index contributed by atoms with van der Waals surface area (Å²) in [5.74, 6) is 0.760. The Morgan fingerprint density at radius 2 is 1.42 bits per heavy atom. The van der Waals surface area contributed by atoms with E-state index >= 15 is 0 Å². The normalized spacial score (nSPS) is 11.9. The van der Waals surface area contributed by atoms with Gasteiger partial charge in [-0.15, -0.1) is 0 Å². The van der Waals surface area contributed by atoms with Crippen molar-refractivity contribution in [1.29, 1.82) is 0 Å². The molecule has 0 aliphatic rings. The highest BCUT2D eigenvalue weighted by atomic mass is 14.6. The van der Waals surface area contributed by atoms with Crippen molar-refractivity contribution in [3.63, 3.8) is 0 Å². The minimum atomic E-state index is 0.697. The Morgan fingerprint density at radius 1 is 0.833 bits per heavy atom. The van der Waals surface area contributed by atoms with E-state index in [0.717, 1.165) is 5.92 Å². The highest BCUT2D eigenvalue weighted by Crippen LogP contribution is 2.24. The number of hydrogen-bond acceptors (Lipinski definition) is 0. The Labute approximate surface area is 147 Å². The maximum atomic E-state index is 7.02. The van der Waals surface area contributed by atoms with Crippen LogP contribution in [0.4, 0.5) is 5.69 Å². The van der Waals surface area contributed by atoms with Gasteiger partial charge in [-0.3, -0.25) is 0 Å². The molecular formula is C23H29N. The Morgan fingerprint density at radius 3 is 2.00 bits per heavy atom. The van der Waals surface area contributed by atoms with Crippen LogP contribution in [0.25, 0.3) is 16.0 Å². The fraction of sp³-hybridized carbons (Fsp3) is 0.435. The van der Waals surface area contributed by atoms with E-state index in [1.54, 1.807) is 0 Å². The van der Waals surface area contributed by atoms with E-state index in [1.807, 2.05) is 24.3 Å². The average molecular weight is 319 g/mol. The summed E-state index contributed by atoms with van der Waals surface area (Å²) >= 11 is 0. The van der Waals surface area contributed by atoms with E-state index in [0.29, 0.717) is 5.69 Å². The monoisotopic (exact) mass is 319 g/mol. The molecule has 1 nitrogen and oxygen atoms in total. The van der Waals surface area contributed by atoms with Gasteiger partial charge in [0.2, 0.25) is 0 Å². The second-order valence-corrected chi connectivity index (χ2v) is 6.87. The van der Waals surface area contributed by atoms with Gasteiger partial charge in [-0.25, -0.2) is 4.85 Å². The van der Waals surface area contributed by atoms with E-state index in [1.165, 1.54) is 61.6 Å². The zero-order chi connectivity index (χ0) is 17.2. The highest BCUT2D eigenvalue weighted by Gasteiger charge is 2.05. The van der Waals surface area contributed by atoms with Crippen molar-refractivity contribution in [3.8, 4) is 11.1 Å². The van der Waals surface area contributed by atoms with Gasteiger partial charge in [0.25, 0.3) is 0 Å². The summed E-state index contributed by atoms with van der Waals surface area (Å²) in [5, 5.41) is 0. The lowest BCUT2D eigenvalue weighted by Crippen LogP contribution is -1.99. The molecule has 1 heteroatoms. The Balaban J connectivity index is 1.84. The standard InChI is InChI=1S/C23H29N/c1-4-5-6-7-8-9-19(2)18-20-10-12-21(13-11-20)22-14-16-23(24-3)17-15-22/h10-17,19H,4-9,18H2,1-2H3. The average Bonchev–Trinajstić information content (AvgIpc) is 2.62. The third-order valence-electron chi connectivity index (χ3n) is 4.67. The van der Waals surface area contributed by atoms with Gasteiger partial charge < -0.3 is 0 Å². The Bertz CT molecular complexity index is 631. The number of unbranched alkanes of at least 4 members (excludes halogenated alkanes) is 4. The van der Waals surface area contributed by atoms with Crippen molar-refractivity contribution in [2.24, 2.45) is 5.92 Å². The maximum absolute atomic E-state index is 7.02. The first kappa shape index (κ1) is 18.3. The van der Waals surface area contributed by atoms with Gasteiger partial charge in [0.05, 0.1) is 6.57 Å². The molecule has 0 fully saturated rings. The summed E-state index contributed by atoms with van der Waals surface area (Å²) in [6, 6.07) is 16.8. The van der Waals surface area contributed by atoms with Crippen LogP contribution >= 0.6 is 0 Å². The molecule has 126 valence electrons. The third-order valence-corrected chi connectivity index (χ3v) is 4.67. The maximum Gasteiger partial charge on any atom is 0.187 e. The number of nitrogens with zero attached hydrogens (tertiary/aromatic N) is 1. The molecule has 0 spiro atoms. The van der Waals surface area contributed by atoms with E-state index in [9.17, 15) is 0 Å². The van der Waals surface area contributed by atoms with E-state index in [2.05, 4.69) is 43.0 Å². The molecule has 0 heterocycles. The van der Waals surface area contributed by atoms with Gasteiger partial charge in [-0.2, -0.15) is 0 Å². The van der Waals surface area contributed by atoms with Crippen LogP contribution in [0.1, 0.15) is 57.9 Å². The molecule has 0 radical (unpaired) electrons. The summed E-state index contributed by atoms with van der Waals surface area (Å²) in [6.45, 7) is 11.7. The van der Waals surface area contributed by atoms with Gasteiger partial charge >= 0.3 is 0 Å². The van der Waals surface area contributed by atoms with Crippen LogP contribution in [0.2, 0.25) is 0 Å². The van der Waals surface area contributed by atoms with Crippen molar-refractivity contribution < 1.29 is 0 Å². The van der Waals surface area contributed by atoms with Crippen LogP contribution in [0.15, 0.2) is 48.5 Å². The number of benzene rings is 2. The van der Waals surface area contributed by atoms with Crippen molar-refractivity contribution in [3.05, 3.63) is 65.5 Å². The van der Waals surface area contributed by atoms with Crippen LogP contribution in [0.3, 0.4) is 0 Å². The molecule has 1 atom stereocenters. The molecule has 0 saturated heterocycles. The summed E-state index contributed by atoms with van der Waals surface area (Å²) in [6.07, 6.45) is 9.36. The van der Waals surface area contributed by atoms with Gasteiger partial charge in [0.1, 0.15) is 0 Å². The van der Waals surface area contributed by atoms with Gasteiger partial charge in [-0.05, 0) is 29.0 Å². The largest absolute Gasteiger partial charge is 0.238 e. The van der Waals surface area contributed by atoms with E-state index in [4.69, 9.17) is 6.57 Å². The van der Waals surface area contributed by atoms with Crippen molar-refractivity contribution >= 4 is 5.69 Å². The van der Waals surface area contributed by atoms with Crippen LogP contribution in [-0.2, 0) is 6.42 Å². The first-order valence-corrected chi connectivity index (χ1v) is 9.29. The van der Waals surface area contributed by atoms with Crippen LogP contribution in [-0.4, -0.2) is 0 Å². The fourth-order valence-electron chi connectivity index (χ4n) is 3.16. The second kappa shape index (κ2) is 9.93. The molecule has 0 saturated carbocycles. The van der Waals surface area contributed by atoms with Crippen molar-refractivity contribution in [2.75, 3.05) is 0 Å². The Hall–Kier alpha value is -2.07. The smallest absolute Gasteiger partial charge is 0.187 e. The molecule has 0 bridgehead atoms. The predicted octanol–water partition coefficient (Wildman–Crippen LogP) is 7.44. The molecule has 0 aliphatic heterocycles. The quantitative estimate of drug-likeness (QED) is 0.334. The minimum Gasteiger partial charge on any atom is -0.238 e. The highest BCUT2D eigenvalue weighted by molar-refractivity contribution is 5.66. The van der Waals surface area contributed by atoms with Crippen molar-refractivity contribution in [2.45, 2.75) is 58.8 Å². The van der Waals surface area contributed by atoms with E-state index in [-0.39, 0.29) is 0 Å². The molecule has 0 amide bonds. The second-order valence-electron chi connectivity index (χ2n) is 6.87. The lowest BCUT2D eigenvalue weighted by Gasteiger charge is -2.12. The molecule has 2 aromatic carbocycles. The molecule has 2 aromatic rings. The zero-order valence-electron chi connectivity index (χ0n) is 15.1. The lowest BCUT2D eigenvalue weighted by molar-refractivity contribution is 0.483. The van der Waals surface area contributed by atoms with E-state index < -0.39 is 0 Å². The minimum absolute atomic E-state index is 0.697. The molecule has 1 unspecified atom stereocenters. The van der Waals surface area contributed by atoms with Crippen LogP contribution < -0.4 is 0 Å². The molecule has 0 aliphatic carbocycles. The van der Waals surface area contributed by atoms with Gasteiger partial charge in [-0.1, -0.05) is 101 Å². The number of hydrogen-bond donors (Lipinski definition) is 0. The lowest BCUT2D eigenvalue weighted by atomic mass is 9.94. The van der Waals surface area contributed by atoms with Crippen molar-refractivity contribution in [1.82, 2.24) is 0 Å². The third kappa shape index (κ3) is 5.85. The fourth-order valence-corrected chi connectivity index (χ4v) is 3.16. The summed E-state index contributed by atoms with van der Waals surface area (Å²) < 4.78 is 0. The Kier molecular flexibility index (Phi) is 7.56. The first-order valence-electron chi connectivity index (χ1n) is 9.29. The molecule has 24 heavy (non-hydrogen) atoms. The number of rotatable bonds is 9. The SMILES string of the molecule is [C-]#[N+]c1ccc(-c2ccc(CC(C)CCCCCCC)cc2)cc1. The molecular weight excluding hydrogens is 290 g/mol. The predicted molar refractivity (Wildman–Crippen MR) is 104 cm³/mol. The molecule has 0 N–H and O–H groups in total. The van der Waals surface area contributed by atoms with Crippen LogP contribution in [0, 0.1) is 12.5 Å². The van der Waals surface area contributed by atoms with Gasteiger partial charge in [0, 0.05) is 0 Å². The van der Waals surface area contributed by atoms with Crippen LogP contribution in [0.5, 0.6) is 0 Å². The topological polar surface area (TPSA) is 4.36 Å². The summed E-state index contributed by atoms with van der Waals surface area (Å²) in [7, 11) is 0. The summed E-state index contributed by atoms with van der Waals surface area (Å²) in [4.78, 5) is 3.44. The summed E-state index contributed by atoms with van der Waals surface area (Å²) in [5.41, 5.74) is 4.53. The molecule has 2 rings (SSSR count). The molecule has 0 aromatic heterocycles. The first-order chi connectivity index (χ1) is 11.7. The van der Waals surface area contributed by atoms with Gasteiger partial charge in [0.15, 0.2) is 5.69 Å². The zero-order valence-corrected chi connectivity index (χ0v) is 15.1.